The van der Waals surface area contributed by atoms with Crippen LogP contribution in [0.4, 0.5) is 0 Å². The lowest BCUT2D eigenvalue weighted by Gasteiger charge is -2.21. The number of amides is 2. The van der Waals surface area contributed by atoms with Crippen molar-refractivity contribution in [3.05, 3.63) is 59.8 Å². The van der Waals surface area contributed by atoms with E-state index >= 15 is 0 Å². The van der Waals surface area contributed by atoms with E-state index in [-0.39, 0.29) is 17.2 Å². The van der Waals surface area contributed by atoms with Crippen molar-refractivity contribution in [1.29, 1.82) is 0 Å². The Balaban J connectivity index is 1.37. The van der Waals surface area contributed by atoms with E-state index in [1.54, 1.807) is 30.5 Å². The monoisotopic (exact) mass is 448 g/mol. The predicted octanol–water partition coefficient (Wildman–Crippen LogP) is 3.73. The molecule has 1 unspecified atom stereocenters. The molecule has 2 aromatic carbocycles. The van der Waals surface area contributed by atoms with Crippen molar-refractivity contribution < 1.29 is 14.3 Å². The second kappa shape index (κ2) is 8.03. The Morgan fingerprint density at radius 3 is 2.66 bits per heavy atom. The zero-order valence-corrected chi connectivity index (χ0v) is 18.8. The molecule has 8 heteroatoms. The number of nitrogens with zero attached hydrogens (tertiary/aromatic N) is 2. The first-order chi connectivity index (χ1) is 15.5. The Morgan fingerprint density at radius 2 is 1.94 bits per heavy atom. The van der Waals surface area contributed by atoms with E-state index in [0.29, 0.717) is 24.3 Å². The Bertz CT molecular complexity index is 1320. The molecule has 1 saturated heterocycles. The molecule has 32 heavy (non-hydrogen) atoms. The predicted molar refractivity (Wildman–Crippen MR) is 125 cm³/mol. The van der Waals surface area contributed by atoms with Crippen molar-refractivity contribution in [2.75, 3.05) is 26.8 Å². The quantitative estimate of drug-likeness (QED) is 0.487. The number of aromatic nitrogens is 2. The molecule has 3 heterocycles. The maximum Gasteiger partial charge on any atom is 0.251 e. The number of carbonyl (C=O) groups is 2. The van der Waals surface area contributed by atoms with Crippen molar-refractivity contribution >= 4 is 38.3 Å². The zero-order valence-electron chi connectivity index (χ0n) is 18.0. The van der Waals surface area contributed by atoms with E-state index in [9.17, 15) is 9.59 Å². The van der Waals surface area contributed by atoms with Crippen LogP contribution in [0.5, 0.6) is 0 Å². The van der Waals surface area contributed by atoms with Gasteiger partial charge in [-0.05, 0) is 36.8 Å². The van der Waals surface area contributed by atoms with Gasteiger partial charge >= 0.3 is 0 Å². The smallest absolute Gasteiger partial charge is 0.251 e. The Kier molecular flexibility index (Phi) is 5.19. The number of thiazole rings is 1. The van der Waals surface area contributed by atoms with Gasteiger partial charge in [0.25, 0.3) is 11.8 Å². The lowest BCUT2D eigenvalue weighted by atomic mass is 9.90. The van der Waals surface area contributed by atoms with Crippen LogP contribution in [0.2, 0.25) is 0 Å². The summed E-state index contributed by atoms with van der Waals surface area (Å²) in [4.78, 5) is 30.0. The summed E-state index contributed by atoms with van der Waals surface area (Å²) in [5, 5.41) is 5.68. The van der Waals surface area contributed by atoms with Crippen LogP contribution in [0.25, 0.3) is 26.4 Å². The fourth-order valence-electron chi connectivity index (χ4n) is 3.96. The summed E-state index contributed by atoms with van der Waals surface area (Å²) in [6.07, 6.45) is 2.95. The first-order valence-corrected chi connectivity index (χ1v) is 11.4. The first kappa shape index (κ1) is 20.7. The highest BCUT2D eigenvalue weighted by atomic mass is 32.1. The van der Waals surface area contributed by atoms with Crippen molar-refractivity contribution in [1.82, 2.24) is 20.0 Å². The fraction of sp³-hybridized carbons (Fsp3) is 0.292. The molecule has 1 aliphatic rings. The molecule has 2 aromatic heterocycles. The molecule has 7 nitrogen and oxygen atoms in total. The number of ether oxygens (including phenoxy) is 1. The van der Waals surface area contributed by atoms with Crippen LogP contribution in [-0.4, -0.2) is 48.0 Å². The molecule has 0 aliphatic carbocycles. The molecular formula is C24H24N4O3S. The Hall–Kier alpha value is -3.23. The highest BCUT2D eigenvalue weighted by molar-refractivity contribution is 7.23. The Labute approximate surface area is 189 Å². The first-order valence-electron chi connectivity index (χ1n) is 10.6. The molecule has 0 saturated carbocycles. The molecule has 164 valence electrons. The third kappa shape index (κ3) is 3.76. The van der Waals surface area contributed by atoms with E-state index < -0.39 is 0 Å². The molecule has 4 aromatic rings. The number of rotatable bonds is 5. The molecule has 2 N–H and O–H groups in total. The highest BCUT2D eigenvalue weighted by Gasteiger charge is 2.30. The molecule has 1 fully saturated rings. The molecule has 0 radical (unpaired) electrons. The second-order valence-electron chi connectivity index (χ2n) is 8.52. The van der Waals surface area contributed by atoms with Gasteiger partial charge in [0.1, 0.15) is 0 Å². The number of imidazole rings is 1. The van der Waals surface area contributed by atoms with Crippen molar-refractivity contribution in [2.24, 2.45) is 5.41 Å². The number of carbonyl (C=O) groups excluding carboxylic acids is 2. The summed E-state index contributed by atoms with van der Waals surface area (Å²) in [6, 6.07) is 13.1. The van der Waals surface area contributed by atoms with Gasteiger partial charge < -0.3 is 15.4 Å². The summed E-state index contributed by atoms with van der Waals surface area (Å²) in [6.45, 7) is 4.19. The number of nitrogens with one attached hydrogen (secondary N) is 2. The van der Waals surface area contributed by atoms with E-state index in [0.717, 1.165) is 39.5 Å². The molecule has 0 spiro atoms. The lowest BCUT2D eigenvalue weighted by molar-refractivity contribution is 0.0923. The van der Waals surface area contributed by atoms with Crippen LogP contribution in [0.1, 0.15) is 34.1 Å². The molecule has 1 atom stereocenters. The van der Waals surface area contributed by atoms with E-state index in [2.05, 4.69) is 17.6 Å². The van der Waals surface area contributed by atoms with Gasteiger partial charge in [-0.1, -0.05) is 30.4 Å². The summed E-state index contributed by atoms with van der Waals surface area (Å²) < 4.78 is 8.52. The maximum absolute atomic E-state index is 12.7. The third-order valence-corrected chi connectivity index (χ3v) is 7.02. The van der Waals surface area contributed by atoms with Gasteiger partial charge in [-0.25, -0.2) is 4.98 Å². The Morgan fingerprint density at radius 1 is 1.16 bits per heavy atom. The standard InChI is InChI=1S/C24H24N4O3S/c1-24(9-10-31-14-24)13-26-22(30)17-7-8-19-20(11-17)32-23-27-18(12-28(19)23)15-3-5-16(6-4-15)21(29)25-2/h3-8,11-12H,9-10,13-14H2,1-2H3,(H,25,29)(H,26,30). The molecule has 5 rings (SSSR count). The summed E-state index contributed by atoms with van der Waals surface area (Å²) >= 11 is 1.55. The number of hydrogen-bond acceptors (Lipinski definition) is 5. The molecule has 0 bridgehead atoms. The number of fused-ring (bicyclic) bond motifs is 3. The summed E-state index contributed by atoms with van der Waals surface area (Å²) in [5.41, 5.74) is 4.08. The SMILES string of the molecule is CNC(=O)c1ccc(-c2cn3c(n2)sc2cc(C(=O)NCC4(C)CCOC4)ccc23)cc1. The zero-order chi connectivity index (χ0) is 22.3. The average Bonchev–Trinajstić information content (AvgIpc) is 3.51. The normalized spacial score (nSPS) is 18.3. The van der Waals surface area contributed by atoms with Crippen LogP contribution in [-0.2, 0) is 4.74 Å². The van der Waals surface area contributed by atoms with Crippen molar-refractivity contribution in [2.45, 2.75) is 13.3 Å². The lowest BCUT2D eigenvalue weighted by Crippen LogP contribution is -2.36. The van der Waals surface area contributed by atoms with Crippen LogP contribution >= 0.6 is 11.3 Å². The molecular weight excluding hydrogens is 424 g/mol. The third-order valence-electron chi connectivity index (χ3n) is 6.00. The average molecular weight is 449 g/mol. The fourth-order valence-corrected chi connectivity index (χ4v) is 5.01. The van der Waals surface area contributed by atoms with Crippen LogP contribution in [0.3, 0.4) is 0 Å². The second-order valence-corrected chi connectivity index (χ2v) is 9.52. The summed E-state index contributed by atoms with van der Waals surface area (Å²) in [7, 11) is 1.62. The van der Waals surface area contributed by atoms with Gasteiger partial charge in [-0.15, -0.1) is 0 Å². The van der Waals surface area contributed by atoms with Crippen molar-refractivity contribution in [3.8, 4) is 11.3 Å². The van der Waals surface area contributed by atoms with Gasteiger partial charge in [-0.2, -0.15) is 0 Å². The number of benzene rings is 2. The minimum absolute atomic E-state index is 0.0122. The van der Waals surface area contributed by atoms with E-state index in [4.69, 9.17) is 9.72 Å². The van der Waals surface area contributed by atoms with E-state index in [1.807, 2.05) is 40.9 Å². The molecule has 1 aliphatic heterocycles. The number of hydrogen-bond donors (Lipinski definition) is 2. The summed E-state index contributed by atoms with van der Waals surface area (Å²) in [5.74, 6) is -0.179. The van der Waals surface area contributed by atoms with Gasteiger partial charge in [-0.3, -0.25) is 14.0 Å². The minimum atomic E-state index is -0.112. The highest BCUT2D eigenvalue weighted by Crippen LogP contribution is 2.31. The van der Waals surface area contributed by atoms with Crippen LogP contribution in [0, 0.1) is 5.41 Å². The van der Waals surface area contributed by atoms with Crippen LogP contribution < -0.4 is 10.6 Å². The van der Waals surface area contributed by atoms with E-state index in [1.165, 1.54) is 0 Å². The largest absolute Gasteiger partial charge is 0.381 e. The van der Waals surface area contributed by atoms with Gasteiger partial charge in [0.15, 0.2) is 4.96 Å². The van der Waals surface area contributed by atoms with Gasteiger partial charge in [0.2, 0.25) is 0 Å². The van der Waals surface area contributed by atoms with Gasteiger partial charge in [0.05, 0.1) is 22.5 Å². The van der Waals surface area contributed by atoms with Crippen molar-refractivity contribution in [3.63, 3.8) is 0 Å². The van der Waals surface area contributed by atoms with Gasteiger partial charge in [0, 0.05) is 48.5 Å². The molecule has 2 amide bonds. The van der Waals surface area contributed by atoms with Crippen LogP contribution in [0.15, 0.2) is 48.7 Å². The maximum atomic E-state index is 12.7. The minimum Gasteiger partial charge on any atom is -0.381 e. The topological polar surface area (TPSA) is 84.7 Å².